The highest BCUT2D eigenvalue weighted by Gasteiger charge is 2.47. The van der Waals surface area contributed by atoms with Crippen LogP contribution in [0.1, 0.15) is 56.3 Å². The number of rotatable bonds is 4. The van der Waals surface area contributed by atoms with Gasteiger partial charge in [-0.15, -0.1) is 0 Å². The molecular formula is C24H30N2O. The summed E-state index contributed by atoms with van der Waals surface area (Å²) in [5, 5.41) is 3.88. The minimum Gasteiger partial charge on any atom is -0.378 e. The van der Waals surface area contributed by atoms with Gasteiger partial charge in [0.1, 0.15) is 0 Å². The highest BCUT2D eigenvalue weighted by Crippen LogP contribution is 2.50. The zero-order valence-corrected chi connectivity index (χ0v) is 16.8. The summed E-state index contributed by atoms with van der Waals surface area (Å²) in [6.07, 6.45) is 3.49. The van der Waals surface area contributed by atoms with Crippen LogP contribution in [0.15, 0.2) is 42.5 Å². The van der Waals surface area contributed by atoms with Crippen molar-refractivity contribution in [3.63, 3.8) is 0 Å². The lowest BCUT2D eigenvalue weighted by Crippen LogP contribution is -2.51. The zero-order chi connectivity index (χ0) is 19.1. The highest BCUT2D eigenvalue weighted by molar-refractivity contribution is 5.94. The molecule has 1 saturated carbocycles. The number of amides is 1. The zero-order valence-electron chi connectivity index (χ0n) is 16.8. The van der Waals surface area contributed by atoms with Crippen molar-refractivity contribution in [2.24, 2.45) is 11.8 Å². The van der Waals surface area contributed by atoms with Gasteiger partial charge in [0.2, 0.25) is 5.91 Å². The van der Waals surface area contributed by atoms with Crippen molar-refractivity contribution in [1.29, 1.82) is 0 Å². The van der Waals surface area contributed by atoms with Gasteiger partial charge in [-0.25, -0.2) is 0 Å². The summed E-state index contributed by atoms with van der Waals surface area (Å²) in [7, 11) is 0. The van der Waals surface area contributed by atoms with Crippen molar-refractivity contribution >= 4 is 17.3 Å². The molecule has 27 heavy (non-hydrogen) atoms. The molecule has 1 N–H and O–H groups in total. The molecule has 2 aromatic rings. The van der Waals surface area contributed by atoms with E-state index in [2.05, 4.69) is 73.5 Å². The molecule has 142 valence electrons. The summed E-state index contributed by atoms with van der Waals surface area (Å²) < 4.78 is 0. The molecule has 3 unspecified atom stereocenters. The molecule has 0 radical (unpaired) electrons. The highest BCUT2D eigenvalue weighted by atomic mass is 16.2. The van der Waals surface area contributed by atoms with Crippen LogP contribution in [0.5, 0.6) is 0 Å². The van der Waals surface area contributed by atoms with Crippen LogP contribution in [0.2, 0.25) is 0 Å². The Labute approximate surface area is 162 Å². The summed E-state index contributed by atoms with van der Waals surface area (Å²) in [5.41, 5.74) is 6.28. The molecule has 1 amide bonds. The number of nitrogens with one attached hydrogen (secondary N) is 1. The summed E-state index contributed by atoms with van der Waals surface area (Å²) in [5.74, 6) is 1.15. The van der Waals surface area contributed by atoms with E-state index < -0.39 is 0 Å². The van der Waals surface area contributed by atoms with Crippen LogP contribution >= 0.6 is 0 Å². The van der Waals surface area contributed by atoms with Crippen molar-refractivity contribution in [2.45, 2.75) is 59.0 Å². The van der Waals surface area contributed by atoms with E-state index in [-0.39, 0.29) is 18.0 Å². The second kappa shape index (κ2) is 7.03. The van der Waals surface area contributed by atoms with Crippen molar-refractivity contribution in [1.82, 2.24) is 0 Å². The predicted octanol–water partition coefficient (Wildman–Crippen LogP) is 5.49. The summed E-state index contributed by atoms with van der Waals surface area (Å²) in [4.78, 5) is 14.6. The first kappa shape index (κ1) is 18.1. The van der Waals surface area contributed by atoms with Crippen LogP contribution in [-0.2, 0) is 11.2 Å². The summed E-state index contributed by atoms with van der Waals surface area (Å²) >= 11 is 0. The quantitative estimate of drug-likeness (QED) is 0.780. The maximum absolute atomic E-state index is 12.6. The molecule has 0 bridgehead atoms. The van der Waals surface area contributed by atoms with Gasteiger partial charge < -0.3 is 10.2 Å². The van der Waals surface area contributed by atoms with Crippen molar-refractivity contribution in [2.75, 3.05) is 10.2 Å². The molecule has 0 aromatic heterocycles. The third-order valence-electron chi connectivity index (χ3n) is 6.41. The van der Waals surface area contributed by atoms with E-state index in [1.165, 1.54) is 35.2 Å². The van der Waals surface area contributed by atoms with E-state index in [0.717, 1.165) is 12.1 Å². The van der Waals surface area contributed by atoms with Gasteiger partial charge in [0.05, 0.1) is 6.04 Å². The molecule has 2 aromatic carbocycles. The molecule has 0 spiro atoms. The lowest BCUT2D eigenvalue weighted by molar-refractivity contribution is -0.117. The molecule has 3 heteroatoms. The first-order valence-corrected chi connectivity index (χ1v) is 10.3. The van der Waals surface area contributed by atoms with Gasteiger partial charge in [-0.2, -0.15) is 0 Å². The Kier molecular flexibility index (Phi) is 4.71. The number of fused-ring (bicyclic) bond motifs is 1. The minimum absolute atomic E-state index is 0.162. The number of para-hydroxylation sites is 1. The van der Waals surface area contributed by atoms with E-state index in [9.17, 15) is 4.79 Å². The summed E-state index contributed by atoms with van der Waals surface area (Å²) in [6, 6.07) is 15.5. The largest absolute Gasteiger partial charge is 0.378 e. The lowest BCUT2D eigenvalue weighted by atomic mass is 9.79. The Bertz CT molecular complexity index is 855. The Morgan fingerprint density at radius 3 is 2.56 bits per heavy atom. The smallest absolute Gasteiger partial charge is 0.224 e. The Morgan fingerprint density at radius 2 is 1.89 bits per heavy atom. The van der Waals surface area contributed by atoms with Crippen molar-refractivity contribution in [3.05, 3.63) is 59.2 Å². The molecule has 4 rings (SSSR count). The third kappa shape index (κ3) is 3.13. The average molecular weight is 363 g/mol. The maximum atomic E-state index is 12.6. The van der Waals surface area contributed by atoms with Gasteiger partial charge in [0, 0.05) is 30.3 Å². The number of hydrogen-bond donors (Lipinski definition) is 1. The number of nitrogens with zero attached hydrogens (tertiary/aromatic N) is 1. The second-order valence-electron chi connectivity index (χ2n) is 8.21. The fraction of sp³-hybridized carbons (Fsp3) is 0.458. The van der Waals surface area contributed by atoms with Crippen LogP contribution < -0.4 is 10.2 Å². The molecule has 1 heterocycles. The first-order valence-electron chi connectivity index (χ1n) is 10.3. The number of aryl methyl sites for hydroxylation is 1. The van der Waals surface area contributed by atoms with Gasteiger partial charge in [-0.05, 0) is 60.9 Å². The maximum Gasteiger partial charge on any atom is 0.224 e. The Morgan fingerprint density at radius 1 is 1.15 bits per heavy atom. The lowest BCUT2D eigenvalue weighted by Gasteiger charge is -2.46. The monoisotopic (exact) mass is 362 g/mol. The van der Waals surface area contributed by atoms with E-state index >= 15 is 0 Å². The molecule has 3 nitrogen and oxygen atoms in total. The number of carbonyl (C=O) groups is 1. The Hall–Kier alpha value is -2.29. The molecular weight excluding hydrogens is 332 g/mol. The topological polar surface area (TPSA) is 32.3 Å². The van der Waals surface area contributed by atoms with Gasteiger partial charge in [-0.3, -0.25) is 4.79 Å². The minimum atomic E-state index is 0.162. The second-order valence-corrected chi connectivity index (χ2v) is 8.21. The third-order valence-corrected chi connectivity index (χ3v) is 6.41. The van der Waals surface area contributed by atoms with Gasteiger partial charge in [0.15, 0.2) is 0 Å². The van der Waals surface area contributed by atoms with Crippen LogP contribution in [0.25, 0.3) is 0 Å². The molecule has 0 saturated heterocycles. The molecule has 3 atom stereocenters. The van der Waals surface area contributed by atoms with E-state index in [0.29, 0.717) is 11.8 Å². The number of anilines is 2. The van der Waals surface area contributed by atoms with Crippen LogP contribution in [-0.4, -0.2) is 11.9 Å². The molecule has 1 aliphatic carbocycles. The molecule has 2 aliphatic rings. The number of benzene rings is 2. The SMILES string of the molecule is CCc1c(C)cccc1NC1c2ccccc2N(C(C)=O)C(C2CC2)C1C. The molecule has 1 fully saturated rings. The number of carbonyl (C=O) groups excluding carboxylic acids is 1. The first-order chi connectivity index (χ1) is 13.0. The van der Waals surface area contributed by atoms with Crippen LogP contribution in [0.4, 0.5) is 11.4 Å². The van der Waals surface area contributed by atoms with Gasteiger partial charge in [0.25, 0.3) is 0 Å². The fourth-order valence-electron chi connectivity index (χ4n) is 4.99. The predicted molar refractivity (Wildman–Crippen MR) is 112 cm³/mol. The normalized spacial score (nSPS) is 24.4. The van der Waals surface area contributed by atoms with Gasteiger partial charge >= 0.3 is 0 Å². The van der Waals surface area contributed by atoms with Crippen molar-refractivity contribution < 1.29 is 4.79 Å². The van der Waals surface area contributed by atoms with Gasteiger partial charge in [-0.1, -0.05) is 44.2 Å². The van der Waals surface area contributed by atoms with E-state index in [4.69, 9.17) is 0 Å². The standard InChI is InChI=1S/C24H30N2O/c1-5-19-15(2)9-8-11-21(19)25-23-16(3)24(18-13-14-18)26(17(4)27)22-12-7-6-10-20(22)23/h6-12,16,18,23-25H,5,13-14H2,1-4H3. The summed E-state index contributed by atoms with van der Waals surface area (Å²) in [6.45, 7) is 8.43. The fourth-order valence-corrected chi connectivity index (χ4v) is 4.99. The number of hydrogen-bond acceptors (Lipinski definition) is 2. The van der Waals surface area contributed by atoms with Crippen molar-refractivity contribution in [3.8, 4) is 0 Å². The molecule has 1 aliphatic heterocycles. The average Bonchev–Trinajstić information content (AvgIpc) is 3.48. The van der Waals surface area contributed by atoms with Crippen LogP contribution in [0.3, 0.4) is 0 Å². The Balaban J connectivity index is 1.79. The van der Waals surface area contributed by atoms with Crippen LogP contribution in [0, 0.1) is 18.8 Å². The van der Waals surface area contributed by atoms with E-state index in [1.807, 2.05) is 0 Å². The van der Waals surface area contributed by atoms with E-state index in [1.54, 1.807) is 6.92 Å².